The van der Waals surface area contributed by atoms with Gasteiger partial charge in [0.25, 0.3) is 11.5 Å². The average molecular weight is 444 g/mol. The fourth-order valence-corrected chi connectivity index (χ4v) is 4.38. The van der Waals surface area contributed by atoms with Crippen LogP contribution in [0.1, 0.15) is 43.6 Å². The molecule has 0 fully saturated rings. The molecule has 2 aromatic carbocycles. The van der Waals surface area contributed by atoms with Gasteiger partial charge in [0, 0.05) is 28.9 Å². The van der Waals surface area contributed by atoms with Crippen LogP contribution in [0, 0.1) is 5.92 Å². The molecule has 1 aromatic heterocycles. The van der Waals surface area contributed by atoms with Crippen LogP contribution in [0.5, 0.6) is 0 Å². The Hall–Kier alpha value is -2.31. The summed E-state index contributed by atoms with van der Waals surface area (Å²) < 4.78 is 1.72. The van der Waals surface area contributed by atoms with Crippen molar-refractivity contribution in [2.24, 2.45) is 5.92 Å². The van der Waals surface area contributed by atoms with Gasteiger partial charge in [0.15, 0.2) is 5.16 Å². The number of hydrogen-bond acceptors (Lipinski definition) is 4. The number of thioether (sulfide) groups is 1. The van der Waals surface area contributed by atoms with Crippen molar-refractivity contribution < 1.29 is 4.79 Å². The fourth-order valence-electron chi connectivity index (χ4n) is 3.08. The minimum atomic E-state index is -0.176. The zero-order valence-corrected chi connectivity index (χ0v) is 19.2. The van der Waals surface area contributed by atoms with Crippen molar-refractivity contribution >= 4 is 40.2 Å². The van der Waals surface area contributed by atoms with Gasteiger partial charge in [-0.2, -0.15) is 0 Å². The highest BCUT2D eigenvalue weighted by Crippen LogP contribution is 2.26. The van der Waals surface area contributed by atoms with E-state index in [1.807, 2.05) is 38.1 Å². The molecular weight excluding hydrogens is 418 g/mol. The van der Waals surface area contributed by atoms with Gasteiger partial charge in [-0.3, -0.25) is 14.2 Å². The van der Waals surface area contributed by atoms with E-state index in [0.717, 1.165) is 5.56 Å². The van der Waals surface area contributed by atoms with E-state index in [9.17, 15) is 9.59 Å². The molecule has 30 heavy (non-hydrogen) atoms. The number of aromatic nitrogens is 2. The average Bonchev–Trinajstić information content (AvgIpc) is 2.68. The zero-order chi connectivity index (χ0) is 21.8. The molecule has 0 aliphatic carbocycles. The molecule has 0 aliphatic rings. The smallest absolute Gasteiger partial charge is 0.262 e. The summed E-state index contributed by atoms with van der Waals surface area (Å²) in [7, 11) is 0. The lowest BCUT2D eigenvalue weighted by atomic mass is 10.1. The number of benzene rings is 2. The van der Waals surface area contributed by atoms with Crippen LogP contribution in [-0.4, -0.2) is 21.5 Å². The van der Waals surface area contributed by atoms with E-state index in [2.05, 4.69) is 19.2 Å². The highest BCUT2D eigenvalue weighted by Gasteiger charge is 2.16. The number of hydrogen-bond donors (Lipinski definition) is 1. The Labute approximate surface area is 185 Å². The topological polar surface area (TPSA) is 64.0 Å². The molecule has 0 saturated carbocycles. The maximum atomic E-state index is 13.2. The van der Waals surface area contributed by atoms with E-state index in [1.165, 1.54) is 11.8 Å². The number of nitrogens with one attached hydrogen (secondary N) is 1. The Morgan fingerprint density at radius 3 is 2.57 bits per heavy atom. The molecule has 5 nitrogen and oxygen atoms in total. The Bertz CT molecular complexity index is 1130. The number of rotatable bonds is 7. The van der Waals surface area contributed by atoms with Crippen LogP contribution in [0.15, 0.2) is 52.4 Å². The largest absolute Gasteiger partial charge is 0.350 e. The predicted octanol–water partition coefficient (Wildman–Crippen LogP) is 5.14. The summed E-state index contributed by atoms with van der Waals surface area (Å²) in [5.41, 5.74) is 1.91. The Morgan fingerprint density at radius 2 is 1.90 bits per heavy atom. The van der Waals surface area contributed by atoms with Crippen LogP contribution in [0.25, 0.3) is 10.9 Å². The molecule has 0 bridgehead atoms. The second kappa shape index (κ2) is 9.67. The molecule has 1 heterocycles. The minimum Gasteiger partial charge on any atom is -0.350 e. The highest BCUT2D eigenvalue weighted by atomic mass is 35.5. The molecule has 0 atom stereocenters. The number of carbonyl (C=O) groups excluding carboxylic acids is 1. The first kappa shape index (κ1) is 22.4. The third kappa shape index (κ3) is 5.24. The summed E-state index contributed by atoms with van der Waals surface area (Å²) in [4.78, 5) is 30.4. The molecule has 1 N–H and O–H groups in total. The van der Waals surface area contributed by atoms with Crippen LogP contribution in [0.3, 0.4) is 0 Å². The molecule has 3 aromatic rings. The van der Waals surface area contributed by atoms with Gasteiger partial charge >= 0.3 is 0 Å². The van der Waals surface area contributed by atoms with E-state index >= 15 is 0 Å². The summed E-state index contributed by atoms with van der Waals surface area (Å²) in [6.07, 6.45) is 0. The van der Waals surface area contributed by atoms with Crippen LogP contribution in [0.2, 0.25) is 5.02 Å². The summed E-state index contributed by atoms with van der Waals surface area (Å²) in [6, 6.07) is 12.7. The van der Waals surface area contributed by atoms with Gasteiger partial charge in [-0.1, -0.05) is 55.4 Å². The molecular formula is C23H26ClN3O2S. The van der Waals surface area contributed by atoms with E-state index in [1.54, 1.807) is 22.8 Å². The second-order valence-electron chi connectivity index (χ2n) is 7.94. The van der Waals surface area contributed by atoms with Gasteiger partial charge in [-0.15, -0.1) is 0 Å². The molecule has 1 amide bonds. The van der Waals surface area contributed by atoms with E-state index in [0.29, 0.717) is 38.9 Å². The van der Waals surface area contributed by atoms with Crippen LogP contribution >= 0.6 is 23.4 Å². The SMILES string of the molecule is CC(C)Cn1c(SCc2ccccc2Cl)nc2cc(C(=O)NC(C)C)ccc2c1=O. The zero-order valence-electron chi connectivity index (χ0n) is 17.6. The van der Waals surface area contributed by atoms with Crippen molar-refractivity contribution in [2.75, 3.05) is 0 Å². The summed E-state index contributed by atoms with van der Waals surface area (Å²) in [5.74, 6) is 0.714. The van der Waals surface area contributed by atoms with Crippen LogP contribution < -0.4 is 10.9 Å². The number of nitrogens with zero attached hydrogens (tertiary/aromatic N) is 2. The molecule has 0 spiro atoms. The second-order valence-corrected chi connectivity index (χ2v) is 9.29. The fraction of sp³-hybridized carbons (Fsp3) is 0.348. The first-order valence-electron chi connectivity index (χ1n) is 9.98. The number of carbonyl (C=O) groups is 1. The van der Waals surface area contributed by atoms with Gasteiger partial charge in [-0.05, 0) is 49.6 Å². The lowest BCUT2D eigenvalue weighted by molar-refractivity contribution is 0.0943. The van der Waals surface area contributed by atoms with Crippen molar-refractivity contribution in [2.45, 2.75) is 51.2 Å². The van der Waals surface area contributed by atoms with Gasteiger partial charge in [0.2, 0.25) is 0 Å². The standard InChI is InChI=1S/C23H26ClN3O2S/c1-14(2)12-27-22(29)18-10-9-16(21(28)25-15(3)4)11-20(18)26-23(27)30-13-17-7-5-6-8-19(17)24/h5-11,14-15H,12-13H2,1-4H3,(H,25,28). The number of fused-ring (bicyclic) bond motifs is 1. The van der Waals surface area contributed by atoms with Crippen molar-refractivity contribution in [1.29, 1.82) is 0 Å². The van der Waals surface area contributed by atoms with Gasteiger partial charge in [0.1, 0.15) is 0 Å². The van der Waals surface area contributed by atoms with Crippen molar-refractivity contribution in [1.82, 2.24) is 14.9 Å². The van der Waals surface area contributed by atoms with Crippen LogP contribution in [-0.2, 0) is 12.3 Å². The van der Waals surface area contributed by atoms with Crippen molar-refractivity contribution in [3.63, 3.8) is 0 Å². The van der Waals surface area contributed by atoms with Crippen LogP contribution in [0.4, 0.5) is 0 Å². The quantitative estimate of drug-likeness (QED) is 0.405. The molecule has 7 heteroatoms. The minimum absolute atomic E-state index is 0.0296. The van der Waals surface area contributed by atoms with Crippen molar-refractivity contribution in [3.8, 4) is 0 Å². The lowest BCUT2D eigenvalue weighted by Gasteiger charge is -2.16. The summed E-state index contributed by atoms with van der Waals surface area (Å²) >= 11 is 7.77. The number of amides is 1. The predicted molar refractivity (Wildman–Crippen MR) is 124 cm³/mol. The number of halogens is 1. The first-order chi connectivity index (χ1) is 14.3. The van der Waals surface area contributed by atoms with Crippen molar-refractivity contribution in [3.05, 3.63) is 69.0 Å². The Kier molecular flexibility index (Phi) is 7.21. The molecule has 158 valence electrons. The van der Waals surface area contributed by atoms with Gasteiger partial charge in [-0.25, -0.2) is 4.98 Å². The molecule has 3 rings (SSSR count). The van der Waals surface area contributed by atoms with E-state index in [4.69, 9.17) is 16.6 Å². The van der Waals surface area contributed by atoms with Gasteiger partial charge < -0.3 is 5.32 Å². The summed E-state index contributed by atoms with van der Waals surface area (Å²) in [6.45, 7) is 8.52. The lowest BCUT2D eigenvalue weighted by Crippen LogP contribution is -2.30. The van der Waals surface area contributed by atoms with E-state index in [-0.39, 0.29) is 23.4 Å². The highest BCUT2D eigenvalue weighted by molar-refractivity contribution is 7.98. The monoisotopic (exact) mass is 443 g/mol. The molecule has 0 saturated heterocycles. The first-order valence-corrected chi connectivity index (χ1v) is 11.3. The third-order valence-corrected chi connectivity index (χ3v) is 5.86. The third-order valence-electron chi connectivity index (χ3n) is 4.46. The maximum Gasteiger partial charge on any atom is 0.262 e. The normalized spacial score (nSPS) is 11.4. The Balaban J connectivity index is 2.04. The molecule has 0 aliphatic heterocycles. The molecule has 0 unspecified atom stereocenters. The Morgan fingerprint density at radius 1 is 1.17 bits per heavy atom. The van der Waals surface area contributed by atoms with E-state index < -0.39 is 0 Å². The summed E-state index contributed by atoms with van der Waals surface area (Å²) in [5, 5.41) is 4.70. The molecule has 0 radical (unpaired) electrons. The maximum absolute atomic E-state index is 13.2. The van der Waals surface area contributed by atoms with Gasteiger partial charge in [0.05, 0.1) is 10.9 Å².